The molecule has 0 fully saturated rings. The molecule has 0 aliphatic rings. The number of aliphatic hydroxyl groups is 1. The zero-order chi connectivity index (χ0) is 11.3. The lowest BCUT2D eigenvalue weighted by atomic mass is 10.2. The zero-order valence-corrected chi connectivity index (χ0v) is 8.21. The highest BCUT2D eigenvalue weighted by atomic mass is 16.7. The van der Waals surface area contributed by atoms with Gasteiger partial charge < -0.3 is 19.7 Å². The Balaban J connectivity index is 2.67. The quantitative estimate of drug-likeness (QED) is 0.699. The van der Waals surface area contributed by atoms with Crippen LogP contribution < -0.4 is 4.74 Å². The van der Waals surface area contributed by atoms with Crippen molar-refractivity contribution < 1.29 is 24.5 Å². The number of aliphatic hydroxyl groups excluding tert-OH is 1. The van der Waals surface area contributed by atoms with E-state index in [2.05, 4.69) is 4.74 Å². The highest BCUT2D eigenvalue weighted by Crippen LogP contribution is 2.14. The van der Waals surface area contributed by atoms with E-state index in [-0.39, 0.29) is 6.61 Å². The van der Waals surface area contributed by atoms with Gasteiger partial charge >= 0.3 is 5.97 Å². The number of hydrogen-bond donors (Lipinski definition) is 2. The third kappa shape index (κ3) is 3.23. The second kappa shape index (κ2) is 5.33. The average Bonchev–Trinajstić information content (AvgIpc) is 2.26. The van der Waals surface area contributed by atoms with Crippen LogP contribution in [0.2, 0.25) is 0 Å². The molecule has 0 bridgehead atoms. The van der Waals surface area contributed by atoms with Crippen LogP contribution in [0.1, 0.15) is 5.56 Å². The molecule has 2 N–H and O–H groups in total. The summed E-state index contributed by atoms with van der Waals surface area (Å²) in [6.45, 7) is -0.0626. The molecule has 0 aliphatic carbocycles. The first-order valence-corrected chi connectivity index (χ1v) is 4.29. The summed E-state index contributed by atoms with van der Waals surface area (Å²) in [6.07, 6.45) is -1.31. The molecule has 5 heteroatoms. The SMILES string of the molecule is COC(Oc1ccc(CO)cc1)C(=O)O. The summed E-state index contributed by atoms with van der Waals surface area (Å²) in [6, 6.07) is 6.43. The van der Waals surface area contributed by atoms with Crippen LogP contribution in [0, 0.1) is 0 Å². The molecule has 1 atom stereocenters. The highest BCUT2D eigenvalue weighted by Gasteiger charge is 2.17. The number of benzene rings is 1. The molecule has 15 heavy (non-hydrogen) atoms. The van der Waals surface area contributed by atoms with Gasteiger partial charge in [0.15, 0.2) is 0 Å². The third-order valence-electron chi connectivity index (χ3n) is 1.76. The number of carbonyl (C=O) groups is 1. The minimum atomic E-state index is -1.31. The van der Waals surface area contributed by atoms with Crippen LogP contribution in [0.4, 0.5) is 0 Å². The maximum absolute atomic E-state index is 10.6. The van der Waals surface area contributed by atoms with E-state index in [1.54, 1.807) is 24.3 Å². The maximum atomic E-state index is 10.6. The predicted molar refractivity (Wildman–Crippen MR) is 51.4 cm³/mol. The van der Waals surface area contributed by atoms with Crippen LogP contribution >= 0.6 is 0 Å². The van der Waals surface area contributed by atoms with Crippen molar-refractivity contribution in [1.82, 2.24) is 0 Å². The molecule has 0 heterocycles. The number of aliphatic carboxylic acids is 1. The van der Waals surface area contributed by atoms with Gasteiger partial charge in [-0.3, -0.25) is 0 Å². The topological polar surface area (TPSA) is 76.0 Å². The number of hydrogen-bond acceptors (Lipinski definition) is 4. The van der Waals surface area contributed by atoms with Crippen molar-refractivity contribution in [3.8, 4) is 5.75 Å². The van der Waals surface area contributed by atoms with E-state index in [0.717, 1.165) is 5.56 Å². The summed E-state index contributed by atoms with van der Waals surface area (Å²) in [5.41, 5.74) is 0.728. The van der Waals surface area contributed by atoms with Crippen LogP contribution in [0.15, 0.2) is 24.3 Å². The Morgan fingerprint density at radius 1 is 1.40 bits per heavy atom. The first-order valence-electron chi connectivity index (χ1n) is 4.29. The van der Waals surface area contributed by atoms with E-state index >= 15 is 0 Å². The first-order chi connectivity index (χ1) is 7.17. The van der Waals surface area contributed by atoms with Gasteiger partial charge in [-0.1, -0.05) is 12.1 Å². The van der Waals surface area contributed by atoms with Crippen molar-refractivity contribution in [2.45, 2.75) is 12.9 Å². The molecule has 0 saturated heterocycles. The first kappa shape index (κ1) is 11.5. The van der Waals surface area contributed by atoms with Gasteiger partial charge in [-0.05, 0) is 17.7 Å². The van der Waals surface area contributed by atoms with Crippen molar-refractivity contribution in [2.75, 3.05) is 7.11 Å². The predicted octanol–water partition coefficient (Wildman–Crippen LogP) is 0.615. The molecule has 0 aliphatic heterocycles. The lowest BCUT2D eigenvalue weighted by Gasteiger charge is -2.12. The molecular weight excluding hydrogens is 200 g/mol. The minimum absolute atomic E-state index is 0.0626. The normalized spacial score (nSPS) is 12.1. The fourth-order valence-corrected chi connectivity index (χ4v) is 0.996. The van der Waals surface area contributed by atoms with Crippen LogP contribution in [0.5, 0.6) is 5.75 Å². The molecular formula is C10H12O5. The summed E-state index contributed by atoms with van der Waals surface area (Å²) in [4.78, 5) is 10.6. The van der Waals surface area contributed by atoms with E-state index in [9.17, 15) is 4.79 Å². The monoisotopic (exact) mass is 212 g/mol. The van der Waals surface area contributed by atoms with Gasteiger partial charge in [-0.2, -0.15) is 0 Å². The maximum Gasteiger partial charge on any atom is 0.373 e. The molecule has 0 saturated carbocycles. The van der Waals surface area contributed by atoms with Gasteiger partial charge in [0.05, 0.1) is 6.61 Å². The molecule has 1 aromatic carbocycles. The number of carboxylic acid groups (broad SMARTS) is 1. The van der Waals surface area contributed by atoms with Gasteiger partial charge in [0, 0.05) is 7.11 Å². The van der Waals surface area contributed by atoms with Crippen LogP contribution in [0.3, 0.4) is 0 Å². The third-order valence-corrected chi connectivity index (χ3v) is 1.76. The van der Waals surface area contributed by atoms with Gasteiger partial charge in [0.25, 0.3) is 6.29 Å². The van der Waals surface area contributed by atoms with E-state index in [1.807, 2.05) is 0 Å². The molecule has 0 aromatic heterocycles. The van der Waals surface area contributed by atoms with Gasteiger partial charge in [-0.15, -0.1) is 0 Å². The summed E-state index contributed by atoms with van der Waals surface area (Å²) in [5.74, 6) is -0.815. The molecule has 0 amide bonds. The fourth-order valence-electron chi connectivity index (χ4n) is 0.996. The van der Waals surface area contributed by atoms with Gasteiger partial charge in [-0.25, -0.2) is 4.79 Å². The summed E-state index contributed by atoms with van der Waals surface area (Å²) >= 11 is 0. The second-order valence-electron chi connectivity index (χ2n) is 2.83. The molecule has 1 aromatic rings. The minimum Gasteiger partial charge on any atom is -0.477 e. The van der Waals surface area contributed by atoms with Gasteiger partial charge in [0.2, 0.25) is 0 Å². The molecule has 5 nitrogen and oxygen atoms in total. The second-order valence-corrected chi connectivity index (χ2v) is 2.83. The fraction of sp³-hybridized carbons (Fsp3) is 0.300. The average molecular weight is 212 g/mol. The molecule has 1 rings (SSSR count). The Morgan fingerprint density at radius 3 is 2.40 bits per heavy atom. The Labute approximate surface area is 86.9 Å². The van der Waals surface area contributed by atoms with E-state index in [0.29, 0.717) is 5.75 Å². The Bertz CT molecular complexity index is 319. The summed E-state index contributed by atoms with van der Waals surface area (Å²) in [5, 5.41) is 17.4. The molecule has 1 unspecified atom stereocenters. The lowest BCUT2D eigenvalue weighted by molar-refractivity contribution is -0.166. The van der Waals surface area contributed by atoms with E-state index < -0.39 is 12.3 Å². The van der Waals surface area contributed by atoms with E-state index in [1.165, 1.54) is 7.11 Å². The molecule has 82 valence electrons. The van der Waals surface area contributed by atoms with Crippen molar-refractivity contribution in [3.05, 3.63) is 29.8 Å². The number of rotatable bonds is 5. The standard InChI is InChI=1S/C10H12O5/c1-14-10(9(12)13)15-8-4-2-7(6-11)3-5-8/h2-5,10-11H,6H2,1H3,(H,12,13). The number of carboxylic acids is 1. The molecule has 0 spiro atoms. The summed E-state index contributed by atoms with van der Waals surface area (Å²) < 4.78 is 9.62. The van der Waals surface area contributed by atoms with Crippen molar-refractivity contribution in [1.29, 1.82) is 0 Å². The summed E-state index contributed by atoms with van der Waals surface area (Å²) in [7, 11) is 1.25. The molecule has 0 radical (unpaired) electrons. The van der Waals surface area contributed by atoms with Crippen LogP contribution in [0.25, 0.3) is 0 Å². The zero-order valence-electron chi connectivity index (χ0n) is 8.21. The Hall–Kier alpha value is -1.59. The Kier molecular flexibility index (Phi) is 4.08. The van der Waals surface area contributed by atoms with Crippen molar-refractivity contribution in [2.24, 2.45) is 0 Å². The highest BCUT2D eigenvalue weighted by molar-refractivity contribution is 5.71. The lowest BCUT2D eigenvalue weighted by Crippen LogP contribution is -2.28. The Morgan fingerprint density at radius 2 is 2.00 bits per heavy atom. The number of ether oxygens (including phenoxy) is 2. The smallest absolute Gasteiger partial charge is 0.373 e. The number of methoxy groups -OCH3 is 1. The van der Waals surface area contributed by atoms with Crippen LogP contribution in [-0.4, -0.2) is 29.6 Å². The van der Waals surface area contributed by atoms with Crippen molar-refractivity contribution in [3.63, 3.8) is 0 Å². The largest absolute Gasteiger partial charge is 0.477 e. The van der Waals surface area contributed by atoms with E-state index in [4.69, 9.17) is 14.9 Å². The van der Waals surface area contributed by atoms with Crippen LogP contribution in [-0.2, 0) is 16.1 Å². The van der Waals surface area contributed by atoms with Crippen molar-refractivity contribution >= 4 is 5.97 Å². The van der Waals surface area contributed by atoms with Gasteiger partial charge in [0.1, 0.15) is 5.75 Å².